The molecular weight excluding hydrogens is 259 g/mol. The summed E-state index contributed by atoms with van der Waals surface area (Å²) in [6.07, 6.45) is 0. The van der Waals surface area contributed by atoms with Crippen molar-refractivity contribution in [2.75, 3.05) is 0 Å². The smallest absolute Gasteiger partial charge is 0.123 e. The van der Waals surface area contributed by atoms with Crippen LogP contribution < -0.4 is 0 Å². The monoisotopic (exact) mass is 276 g/mol. The van der Waals surface area contributed by atoms with Gasteiger partial charge in [0.1, 0.15) is 5.82 Å². The molecule has 0 aliphatic carbocycles. The first-order chi connectivity index (χ1) is 9.08. The Kier molecular flexibility index (Phi) is 4.61. The van der Waals surface area contributed by atoms with Crippen molar-refractivity contribution in [3.8, 4) is 0 Å². The van der Waals surface area contributed by atoms with Gasteiger partial charge in [0.15, 0.2) is 0 Å². The van der Waals surface area contributed by atoms with E-state index in [1.807, 2.05) is 0 Å². The van der Waals surface area contributed by atoms with Gasteiger partial charge in [-0.1, -0.05) is 29.3 Å². The molecule has 0 heterocycles. The largest absolute Gasteiger partial charge is 0.392 e. The van der Waals surface area contributed by atoms with Crippen molar-refractivity contribution in [1.82, 2.24) is 0 Å². The normalized spacial score (nSPS) is 10.7. The molecule has 19 heavy (non-hydrogen) atoms. The van der Waals surface area contributed by atoms with Crippen LogP contribution in [0.2, 0.25) is 0 Å². The fraction of sp³-hybridized carbons (Fsp3) is 0.250. The van der Waals surface area contributed by atoms with E-state index < -0.39 is 0 Å². The molecule has 0 bridgehead atoms. The molecule has 1 N–H and O–H groups in total. The van der Waals surface area contributed by atoms with Crippen molar-refractivity contribution >= 4 is 11.8 Å². The highest BCUT2D eigenvalue weighted by atomic mass is 32.2. The number of rotatable bonds is 4. The van der Waals surface area contributed by atoms with Crippen LogP contribution in [0.3, 0.4) is 0 Å². The van der Waals surface area contributed by atoms with Crippen LogP contribution in [0.15, 0.2) is 41.3 Å². The van der Waals surface area contributed by atoms with Gasteiger partial charge in [-0.05, 0) is 43.2 Å². The molecule has 2 aromatic rings. The van der Waals surface area contributed by atoms with Crippen LogP contribution in [0.5, 0.6) is 0 Å². The summed E-state index contributed by atoms with van der Waals surface area (Å²) in [7, 11) is 0. The van der Waals surface area contributed by atoms with Crippen LogP contribution >= 0.6 is 11.8 Å². The predicted molar refractivity (Wildman–Crippen MR) is 77.8 cm³/mol. The maximum absolute atomic E-state index is 13.1. The van der Waals surface area contributed by atoms with E-state index in [0.717, 1.165) is 10.6 Å². The maximum Gasteiger partial charge on any atom is 0.123 e. The Labute approximate surface area is 117 Å². The third-order valence-corrected chi connectivity index (χ3v) is 4.06. The van der Waals surface area contributed by atoms with Gasteiger partial charge in [-0.3, -0.25) is 0 Å². The molecule has 100 valence electrons. The first-order valence-electron chi connectivity index (χ1n) is 6.18. The van der Waals surface area contributed by atoms with Crippen LogP contribution in [0.1, 0.15) is 22.3 Å². The number of thioether (sulfide) groups is 1. The third-order valence-electron chi connectivity index (χ3n) is 2.87. The second-order valence-electron chi connectivity index (χ2n) is 4.69. The van der Waals surface area contributed by atoms with Crippen molar-refractivity contribution < 1.29 is 9.50 Å². The average molecular weight is 276 g/mol. The molecule has 0 saturated carbocycles. The van der Waals surface area contributed by atoms with Gasteiger partial charge in [-0.2, -0.15) is 0 Å². The second-order valence-corrected chi connectivity index (χ2v) is 5.71. The van der Waals surface area contributed by atoms with Crippen molar-refractivity contribution in [2.45, 2.75) is 31.1 Å². The summed E-state index contributed by atoms with van der Waals surface area (Å²) in [5.74, 6) is 0.515. The first-order valence-corrected chi connectivity index (χ1v) is 7.16. The number of aryl methyl sites for hydroxylation is 2. The SMILES string of the molecule is Cc1cc(C)cc(CSc2ccc(F)cc2CO)c1. The molecule has 0 saturated heterocycles. The lowest BCUT2D eigenvalue weighted by Crippen LogP contribution is -1.91. The first kappa shape index (κ1) is 14.1. The summed E-state index contributed by atoms with van der Waals surface area (Å²) in [5.41, 5.74) is 4.39. The summed E-state index contributed by atoms with van der Waals surface area (Å²) < 4.78 is 13.1. The quantitative estimate of drug-likeness (QED) is 0.843. The Balaban J connectivity index is 2.14. The minimum atomic E-state index is -0.306. The van der Waals surface area contributed by atoms with E-state index in [0.29, 0.717) is 5.56 Å². The third kappa shape index (κ3) is 3.82. The van der Waals surface area contributed by atoms with E-state index in [1.54, 1.807) is 17.8 Å². The lowest BCUT2D eigenvalue weighted by molar-refractivity contribution is 0.278. The number of aliphatic hydroxyl groups excluding tert-OH is 1. The Morgan fingerprint density at radius 2 is 1.74 bits per heavy atom. The van der Waals surface area contributed by atoms with Gasteiger partial charge in [-0.15, -0.1) is 11.8 Å². The van der Waals surface area contributed by atoms with Crippen LogP contribution in [0, 0.1) is 19.7 Å². The Morgan fingerprint density at radius 1 is 1.05 bits per heavy atom. The Hall–Kier alpha value is -1.32. The lowest BCUT2D eigenvalue weighted by Gasteiger charge is -2.08. The molecule has 0 amide bonds. The van der Waals surface area contributed by atoms with E-state index in [4.69, 9.17) is 0 Å². The molecule has 3 heteroatoms. The molecule has 0 fully saturated rings. The molecule has 0 aromatic heterocycles. The second kappa shape index (κ2) is 6.22. The highest BCUT2D eigenvalue weighted by Gasteiger charge is 2.05. The summed E-state index contributed by atoms with van der Waals surface area (Å²) in [6.45, 7) is 4.03. The fourth-order valence-electron chi connectivity index (χ4n) is 2.13. The topological polar surface area (TPSA) is 20.2 Å². The Bertz CT molecular complexity index is 561. The zero-order valence-corrected chi connectivity index (χ0v) is 11.9. The molecule has 0 aliphatic rings. The van der Waals surface area contributed by atoms with Gasteiger partial charge in [0.2, 0.25) is 0 Å². The van der Waals surface area contributed by atoms with Crippen molar-refractivity contribution in [1.29, 1.82) is 0 Å². The highest BCUT2D eigenvalue weighted by molar-refractivity contribution is 7.98. The van der Waals surface area contributed by atoms with E-state index in [-0.39, 0.29) is 12.4 Å². The molecule has 1 nitrogen and oxygen atoms in total. The maximum atomic E-state index is 13.1. The highest BCUT2D eigenvalue weighted by Crippen LogP contribution is 2.27. The fourth-order valence-corrected chi connectivity index (χ4v) is 3.09. The van der Waals surface area contributed by atoms with E-state index in [1.165, 1.54) is 28.8 Å². The molecule has 0 unspecified atom stereocenters. The van der Waals surface area contributed by atoms with Crippen LogP contribution in [-0.4, -0.2) is 5.11 Å². The van der Waals surface area contributed by atoms with Gasteiger partial charge >= 0.3 is 0 Å². The summed E-state index contributed by atoms with van der Waals surface area (Å²) in [6, 6.07) is 11.0. The lowest BCUT2D eigenvalue weighted by atomic mass is 10.1. The number of hydrogen-bond acceptors (Lipinski definition) is 2. The number of hydrogen-bond donors (Lipinski definition) is 1. The van der Waals surface area contributed by atoms with E-state index in [2.05, 4.69) is 32.0 Å². The predicted octanol–water partition coefficient (Wildman–Crippen LogP) is 4.23. The zero-order chi connectivity index (χ0) is 13.8. The minimum Gasteiger partial charge on any atom is -0.392 e. The zero-order valence-electron chi connectivity index (χ0n) is 11.1. The van der Waals surface area contributed by atoms with Crippen molar-refractivity contribution in [3.05, 3.63) is 64.5 Å². The molecule has 0 radical (unpaired) electrons. The summed E-state index contributed by atoms with van der Waals surface area (Å²) in [5, 5.41) is 9.25. The molecular formula is C16H17FOS. The van der Waals surface area contributed by atoms with Gasteiger partial charge in [0, 0.05) is 10.6 Å². The average Bonchev–Trinajstić information content (AvgIpc) is 2.36. The molecule has 0 spiro atoms. The van der Waals surface area contributed by atoms with Gasteiger partial charge in [0.05, 0.1) is 6.61 Å². The van der Waals surface area contributed by atoms with E-state index >= 15 is 0 Å². The van der Waals surface area contributed by atoms with Crippen molar-refractivity contribution in [2.24, 2.45) is 0 Å². The standard InChI is InChI=1S/C16H17FOS/c1-11-5-12(2)7-13(6-11)10-19-16-4-3-15(17)8-14(16)9-18/h3-8,18H,9-10H2,1-2H3. The number of benzene rings is 2. The minimum absolute atomic E-state index is 0.132. The summed E-state index contributed by atoms with van der Waals surface area (Å²) >= 11 is 1.62. The van der Waals surface area contributed by atoms with Crippen LogP contribution in [0.4, 0.5) is 4.39 Å². The molecule has 2 aromatic carbocycles. The van der Waals surface area contributed by atoms with Crippen LogP contribution in [-0.2, 0) is 12.4 Å². The number of halogens is 1. The van der Waals surface area contributed by atoms with Gasteiger partial charge in [-0.25, -0.2) is 4.39 Å². The van der Waals surface area contributed by atoms with Gasteiger partial charge in [0.25, 0.3) is 0 Å². The molecule has 0 aliphatic heterocycles. The molecule has 0 atom stereocenters. The van der Waals surface area contributed by atoms with Crippen molar-refractivity contribution in [3.63, 3.8) is 0 Å². The van der Waals surface area contributed by atoms with E-state index in [9.17, 15) is 9.50 Å². The van der Waals surface area contributed by atoms with Crippen LogP contribution in [0.25, 0.3) is 0 Å². The molecule has 2 rings (SSSR count). The van der Waals surface area contributed by atoms with Gasteiger partial charge < -0.3 is 5.11 Å². The summed E-state index contributed by atoms with van der Waals surface area (Å²) in [4.78, 5) is 0.933. The Morgan fingerprint density at radius 3 is 2.37 bits per heavy atom. The number of aliphatic hydroxyl groups is 1.